The summed E-state index contributed by atoms with van der Waals surface area (Å²) in [4.78, 5) is 7.92. The van der Waals surface area contributed by atoms with Crippen molar-refractivity contribution in [3.8, 4) is 11.1 Å². The first-order valence-corrected chi connectivity index (χ1v) is 25.7. The quantitative estimate of drug-likeness (QED) is 0.161. The number of nitrogens with zero attached hydrogens (tertiary/aromatic N) is 3. The van der Waals surface area contributed by atoms with Crippen molar-refractivity contribution in [3.63, 3.8) is 0 Å². The molecule has 0 radical (unpaired) electrons. The maximum absolute atomic E-state index is 6.60. The highest BCUT2D eigenvalue weighted by atomic mass is 16.3. The predicted molar refractivity (Wildman–Crippen MR) is 298 cm³/mol. The zero-order chi connectivity index (χ0) is 48.1. The minimum Gasteiger partial charge on any atom is -0.456 e. The largest absolute Gasteiger partial charge is 0.456 e. The van der Waals surface area contributed by atoms with Gasteiger partial charge in [0.15, 0.2) is 0 Å². The molecule has 8 aromatic carbocycles. The summed E-state index contributed by atoms with van der Waals surface area (Å²) in [5, 5.41) is 2.26. The van der Waals surface area contributed by atoms with E-state index in [1.165, 1.54) is 104 Å². The average Bonchev–Trinajstić information content (AvgIpc) is 3.82. The third-order valence-corrected chi connectivity index (χ3v) is 17.1. The fourth-order valence-electron chi connectivity index (χ4n) is 13.3. The Morgan fingerprint density at radius 1 is 0.543 bits per heavy atom. The molecule has 4 nitrogen and oxygen atoms in total. The van der Waals surface area contributed by atoms with Gasteiger partial charge in [-0.2, -0.15) is 0 Å². The van der Waals surface area contributed by atoms with Crippen molar-refractivity contribution in [2.24, 2.45) is 0 Å². The molecule has 0 amide bonds. The molecule has 0 saturated heterocycles. The van der Waals surface area contributed by atoms with Gasteiger partial charge in [0.2, 0.25) is 0 Å². The van der Waals surface area contributed by atoms with Crippen molar-refractivity contribution in [1.29, 1.82) is 0 Å². The summed E-state index contributed by atoms with van der Waals surface area (Å²) >= 11 is 0. The molecule has 4 heterocycles. The molecule has 70 heavy (non-hydrogen) atoms. The smallest absolute Gasteiger partial charge is 0.252 e. The second kappa shape index (κ2) is 15.0. The molecular weight excluding hydrogens is 850 g/mol. The molecule has 1 fully saturated rings. The van der Waals surface area contributed by atoms with Crippen molar-refractivity contribution >= 4 is 90.5 Å². The molecule has 0 N–H and O–H groups in total. The van der Waals surface area contributed by atoms with E-state index < -0.39 is 0 Å². The number of benzene rings is 8. The SMILES string of the molecule is Cc1cc2c3c(c1)N1c4c(cccc4C4(C)CCCCC14C)B3c1ccc(N(c3ccc(C(C)(C)C)cc3)c3ccc4c(c3)oc3ccccc34)cc1N2c1ccc(C(C)(C)C)cc1-c1ccccc1. The molecule has 3 aliphatic heterocycles. The summed E-state index contributed by atoms with van der Waals surface area (Å²) in [5.41, 5.74) is 23.5. The van der Waals surface area contributed by atoms with E-state index in [1.54, 1.807) is 0 Å². The van der Waals surface area contributed by atoms with Gasteiger partial charge in [-0.05, 0) is 148 Å². The third-order valence-electron chi connectivity index (χ3n) is 17.1. The first kappa shape index (κ1) is 43.1. The van der Waals surface area contributed by atoms with E-state index in [4.69, 9.17) is 4.42 Å². The Balaban J connectivity index is 1.10. The summed E-state index contributed by atoms with van der Waals surface area (Å²) < 4.78 is 6.60. The topological polar surface area (TPSA) is 22.9 Å². The summed E-state index contributed by atoms with van der Waals surface area (Å²) in [6.45, 7) is 21.4. The van der Waals surface area contributed by atoms with Gasteiger partial charge in [0, 0.05) is 67.6 Å². The van der Waals surface area contributed by atoms with Crippen LogP contribution in [-0.2, 0) is 16.2 Å². The lowest BCUT2D eigenvalue weighted by molar-refractivity contribution is 0.195. The van der Waals surface area contributed by atoms with Gasteiger partial charge in [-0.1, -0.05) is 152 Å². The minimum atomic E-state index is -0.0429. The number of anilines is 8. The second-order valence-corrected chi connectivity index (χ2v) is 23.4. The van der Waals surface area contributed by atoms with Crippen molar-refractivity contribution in [2.75, 3.05) is 14.7 Å². The van der Waals surface area contributed by atoms with Crippen molar-refractivity contribution in [2.45, 2.75) is 110 Å². The van der Waals surface area contributed by atoms with E-state index in [0.717, 1.165) is 39.0 Å². The molecule has 0 spiro atoms. The van der Waals surface area contributed by atoms with Crippen LogP contribution >= 0.6 is 0 Å². The van der Waals surface area contributed by atoms with Crippen LogP contribution in [0.2, 0.25) is 0 Å². The zero-order valence-corrected chi connectivity index (χ0v) is 42.2. The molecule has 2 atom stereocenters. The molecule has 2 unspecified atom stereocenters. The average molecular weight is 912 g/mol. The van der Waals surface area contributed by atoms with E-state index in [-0.39, 0.29) is 28.5 Å². The summed E-state index contributed by atoms with van der Waals surface area (Å²) in [6, 6.07) is 62.3. The first-order chi connectivity index (χ1) is 33.6. The molecule has 13 rings (SSSR count). The van der Waals surface area contributed by atoms with Gasteiger partial charge in [0.1, 0.15) is 11.2 Å². The number of aryl methyl sites for hydroxylation is 1. The van der Waals surface area contributed by atoms with Gasteiger partial charge in [-0.25, -0.2) is 0 Å². The molecule has 9 aromatic rings. The molecule has 346 valence electrons. The number of para-hydroxylation sites is 2. The molecule has 1 aliphatic carbocycles. The van der Waals surface area contributed by atoms with E-state index >= 15 is 0 Å². The number of hydrogen-bond acceptors (Lipinski definition) is 4. The fourth-order valence-corrected chi connectivity index (χ4v) is 13.3. The Bertz CT molecular complexity index is 3590. The van der Waals surface area contributed by atoms with Crippen LogP contribution < -0.4 is 31.1 Å². The lowest BCUT2D eigenvalue weighted by Crippen LogP contribution is -2.64. The summed E-state index contributed by atoms with van der Waals surface area (Å²) in [6.07, 6.45) is 4.89. The Hall–Kier alpha value is -6.98. The second-order valence-electron chi connectivity index (χ2n) is 23.4. The Kier molecular flexibility index (Phi) is 9.24. The minimum absolute atomic E-state index is 0.0199. The van der Waals surface area contributed by atoms with Crippen LogP contribution in [-0.4, -0.2) is 12.3 Å². The van der Waals surface area contributed by atoms with Gasteiger partial charge in [0.25, 0.3) is 6.71 Å². The standard InChI is InChI=1S/C65H62BN3O/c1-41-36-56-60-57(37-41)69-61-51(64(8)34-15-16-35-65(64,69)9)21-17-22-53(61)66(60)52-32-30-46(39-55(52)68(56)54-33-26-44(63(5,6)7)38-50(54)42-18-11-10-12-19-42)67(45-27-24-43(25-28-45)62(2,3)4)47-29-31-49-48-20-13-14-23-58(48)70-59(49)40-47/h10-14,17-33,36-40H,15-16,34-35H2,1-9H3. The highest BCUT2D eigenvalue weighted by Gasteiger charge is 2.61. The van der Waals surface area contributed by atoms with Gasteiger partial charge in [-0.3, -0.25) is 0 Å². The molecule has 1 aromatic heterocycles. The van der Waals surface area contributed by atoms with Crippen molar-refractivity contribution in [3.05, 3.63) is 186 Å². The van der Waals surface area contributed by atoms with Gasteiger partial charge >= 0.3 is 0 Å². The van der Waals surface area contributed by atoms with Gasteiger partial charge in [-0.15, -0.1) is 0 Å². The molecule has 5 heteroatoms. The Morgan fingerprint density at radius 2 is 1.21 bits per heavy atom. The maximum atomic E-state index is 6.60. The van der Waals surface area contributed by atoms with Crippen LogP contribution in [0.5, 0.6) is 0 Å². The Labute approximate surface area is 414 Å². The zero-order valence-electron chi connectivity index (χ0n) is 42.2. The maximum Gasteiger partial charge on any atom is 0.252 e. The highest BCUT2D eigenvalue weighted by Crippen LogP contribution is 2.62. The highest BCUT2D eigenvalue weighted by molar-refractivity contribution is 7.00. The predicted octanol–water partition coefficient (Wildman–Crippen LogP) is 16.0. The monoisotopic (exact) mass is 911 g/mol. The molecule has 0 bridgehead atoms. The van der Waals surface area contributed by atoms with Crippen LogP contribution in [0.4, 0.5) is 45.5 Å². The van der Waals surface area contributed by atoms with Crippen LogP contribution in [0.3, 0.4) is 0 Å². The van der Waals surface area contributed by atoms with E-state index in [1.807, 2.05) is 0 Å². The van der Waals surface area contributed by atoms with Crippen LogP contribution in [0.25, 0.3) is 33.1 Å². The first-order valence-electron chi connectivity index (χ1n) is 25.7. The number of furan rings is 1. The molecule has 4 aliphatic rings. The normalized spacial score (nSPS) is 19.0. The van der Waals surface area contributed by atoms with E-state index in [0.29, 0.717) is 0 Å². The van der Waals surface area contributed by atoms with Gasteiger partial charge < -0.3 is 19.1 Å². The van der Waals surface area contributed by atoms with E-state index in [9.17, 15) is 0 Å². The van der Waals surface area contributed by atoms with E-state index in [2.05, 4.69) is 241 Å². The number of fused-ring (bicyclic) bond motifs is 10. The summed E-state index contributed by atoms with van der Waals surface area (Å²) in [5.74, 6) is 0. The van der Waals surface area contributed by atoms with Gasteiger partial charge in [0.05, 0.1) is 11.2 Å². The number of hydrogen-bond donors (Lipinski definition) is 0. The van der Waals surface area contributed by atoms with Crippen LogP contribution in [0.1, 0.15) is 103 Å². The third kappa shape index (κ3) is 6.15. The van der Waals surface area contributed by atoms with Crippen molar-refractivity contribution in [1.82, 2.24) is 0 Å². The Morgan fingerprint density at radius 3 is 2.00 bits per heavy atom. The molecule has 1 saturated carbocycles. The van der Waals surface area contributed by atoms with Crippen LogP contribution in [0.15, 0.2) is 168 Å². The lowest BCUT2D eigenvalue weighted by atomic mass is 9.33. The van der Waals surface area contributed by atoms with Crippen LogP contribution in [0, 0.1) is 6.92 Å². The van der Waals surface area contributed by atoms with Crippen molar-refractivity contribution < 1.29 is 4.42 Å². The molecular formula is C65H62BN3O. The summed E-state index contributed by atoms with van der Waals surface area (Å²) in [7, 11) is 0. The number of rotatable bonds is 5. The lowest BCUT2D eigenvalue weighted by Gasteiger charge is -2.53. The fraction of sp³-hybridized carbons (Fsp3) is 0.262.